The maximum absolute atomic E-state index is 14.0. The van der Waals surface area contributed by atoms with E-state index in [9.17, 15) is 4.39 Å². The molecule has 2 aromatic rings. The van der Waals surface area contributed by atoms with Gasteiger partial charge in [-0.3, -0.25) is 0 Å². The summed E-state index contributed by atoms with van der Waals surface area (Å²) in [6.07, 6.45) is 2.30. The number of hydrogen-bond donors (Lipinski definition) is 1. The van der Waals surface area contributed by atoms with Crippen molar-refractivity contribution in [2.75, 3.05) is 25.1 Å². The van der Waals surface area contributed by atoms with Crippen molar-refractivity contribution in [3.05, 3.63) is 59.4 Å². The number of ether oxygens (including phenoxy) is 1. The second-order valence-corrected chi connectivity index (χ2v) is 5.93. The average molecular weight is 314 g/mol. The molecule has 0 unspecified atom stereocenters. The fraction of sp³-hybridized carbons (Fsp3) is 0.368. The Morgan fingerprint density at radius 2 is 1.65 bits per heavy atom. The first-order chi connectivity index (χ1) is 11.3. The van der Waals surface area contributed by atoms with E-state index in [1.165, 1.54) is 5.56 Å². The Morgan fingerprint density at radius 3 is 2.35 bits per heavy atom. The number of methoxy groups -OCH3 is 1. The molecule has 4 heteroatoms. The highest BCUT2D eigenvalue weighted by Crippen LogP contribution is 2.24. The number of nitrogens with zero attached hydrogens (tertiary/aromatic N) is 1. The molecule has 0 bridgehead atoms. The van der Waals surface area contributed by atoms with Gasteiger partial charge in [-0.05, 0) is 48.2 Å². The van der Waals surface area contributed by atoms with E-state index in [0.717, 1.165) is 56.0 Å². The van der Waals surface area contributed by atoms with E-state index in [-0.39, 0.29) is 5.82 Å². The third-order valence-corrected chi connectivity index (χ3v) is 4.27. The standard InChI is InChI=1S/C19H23FN2O/c1-23-17-7-4-15(5-8-17)13-21-14-16-6-9-18(20)19(12-16)22-10-2-3-11-22/h4-9,12,21H,2-3,10-11,13-14H2,1H3. The van der Waals surface area contributed by atoms with Crippen LogP contribution in [0.3, 0.4) is 0 Å². The van der Waals surface area contributed by atoms with Crippen molar-refractivity contribution in [3.8, 4) is 5.75 Å². The van der Waals surface area contributed by atoms with Gasteiger partial charge in [-0.1, -0.05) is 18.2 Å². The van der Waals surface area contributed by atoms with Crippen LogP contribution in [0.5, 0.6) is 5.75 Å². The van der Waals surface area contributed by atoms with Gasteiger partial charge in [-0.25, -0.2) is 4.39 Å². The molecule has 0 saturated carbocycles. The zero-order valence-corrected chi connectivity index (χ0v) is 13.5. The molecule has 0 amide bonds. The van der Waals surface area contributed by atoms with E-state index in [2.05, 4.69) is 10.2 Å². The number of halogens is 1. The maximum Gasteiger partial charge on any atom is 0.146 e. The first-order valence-corrected chi connectivity index (χ1v) is 8.13. The summed E-state index contributed by atoms with van der Waals surface area (Å²) in [7, 11) is 1.67. The van der Waals surface area contributed by atoms with Crippen LogP contribution >= 0.6 is 0 Å². The van der Waals surface area contributed by atoms with Crippen molar-refractivity contribution in [2.24, 2.45) is 0 Å². The maximum atomic E-state index is 14.0. The number of benzene rings is 2. The first kappa shape index (κ1) is 15.8. The summed E-state index contributed by atoms with van der Waals surface area (Å²) < 4.78 is 19.2. The van der Waals surface area contributed by atoms with Crippen molar-refractivity contribution in [3.63, 3.8) is 0 Å². The molecule has 3 rings (SSSR count). The van der Waals surface area contributed by atoms with Crippen LogP contribution in [0.2, 0.25) is 0 Å². The quantitative estimate of drug-likeness (QED) is 0.879. The van der Waals surface area contributed by atoms with Crippen LogP contribution in [0.4, 0.5) is 10.1 Å². The van der Waals surface area contributed by atoms with Gasteiger partial charge in [0.1, 0.15) is 11.6 Å². The van der Waals surface area contributed by atoms with Crippen LogP contribution < -0.4 is 15.0 Å². The molecular formula is C19H23FN2O. The Kier molecular flexibility index (Phi) is 5.13. The molecule has 1 heterocycles. The van der Waals surface area contributed by atoms with Crippen molar-refractivity contribution < 1.29 is 9.13 Å². The molecule has 1 saturated heterocycles. The number of rotatable bonds is 6. The van der Waals surface area contributed by atoms with Crippen LogP contribution in [-0.4, -0.2) is 20.2 Å². The largest absolute Gasteiger partial charge is 0.497 e. The smallest absolute Gasteiger partial charge is 0.146 e. The van der Waals surface area contributed by atoms with Crippen LogP contribution in [-0.2, 0) is 13.1 Å². The van der Waals surface area contributed by atoms with Crippen molar-refractivity contribution in [2.45, 2.75) is 25.9 Å². The van der Waals surface area contributed by atoms with Crippen LogP contribution in [0.25, 0.3) is 0 Å². The van der Waals surface area contributed by atoms with E-state index in [1.807, 2.05) is 36.4 Å². The summed E-state index contributed by atoms with van der Waals surface area (Å²) in [5.74, 6) is 0.744. The highest BCUT2D eigenvalue weighted by Gasteiger charge is 2.16. The van der Waals surface area contributed by atoms with Crippen molar-refractivity contribution in [1.29, 1.82) is 0 Å². The minimum Gasteiger partial charge on any atom is -0.497 e. The van der Waals surface area contributed by atoms with Gasteiger partial charge < -0.3 is 15.0 Å². The third-order valence-electron chi connectivity index (χ3n) is 4.27. The zero-order chi connectivity index (χ0) is 16.1. The predicted octanol–water partition coefficient (Wildman–Crippen LogP) is 3.72. The van der Waals surface area contributed by atoms with E-state index in [4.69, 9.17) is 4.74 Å². The molecule has 122 valence electrons. The molecule has 1 aliphatic heterocycles. The summed E-state index contributed by atoms with van der Waals surface area (Å²) in [5, 5.41) is 3.41. The summed E-state index contributed by atoms with van der Waals surface area (Å²) in [5.41, 5.74) is 3.06. The molecule has 1 fully saturated rings. The lowest BCUT2D eigenvalue weighted by molar-refractivity contribution is 0.414. The predicted molar refractivity (Wildman–Crippen MR) is 91.4 cm³/mol. The Balaban J connectivity index is 1.58. The fourth-order valence-electron chi connectivity index (χ4n) is 2.96. The van der Waals surface area contributed by atoms with Crippen molar-refractivity contribution >= 4 is 5.69 Å². The Bertz CT molecular complexity index is 636. The van der Waals surface area contributed by atoms with Gasteiger partial charge in [0, 0.05) is 26.2 Å². The Morgan fingerprint density at radius 1 is 1.00 bits per heavy atom. The summed E-state index contributed by atoms with van der Waals surface area (Å²) >= 11 is 0. The zero-order valence-electron chi connectivity index (χ0n) is 13.5. The monoisotopic (exact) mass is 314 g/mol. The van der Waals surface area contributed by atoms with Gasteiger partial charge in [0.2, 0.25) is 0 Å². The summed E-state index contributed by atoms with van der Waals surface area (Å²) in [4.78, 5) is 2.14. The van der Waals surface area contributed by atoms with E-state index < -0.39 is 0 Å². The van der Waals surface area contributed by atoms with Gasteiger partial charge in [0.25, 0.3) is 0 Å². The summed E-state index contributed by atoms with van der Waals surface area (Å²) in [6, 6.07) is 13.4. The lowest BCUT2D eigenvalue weighted by Crippen LogP contribution is -2.20. The molecule has 0 aliphatic carbocycles. The topological polar surface area (TPSA) is 24.5 Å². The lowest BCUT2D eigenvalue weighted by Gasteiger charge is -2.19. The minimum absolute atomic E-state index is 0.120. The van der Waals surface area contributed by atoms with Crippen LogP contribution in [0.1, 0.15) is 24.0 Å². The molecule has 0 atom stereocenters. The molecule has 0 aromatic heterocycles. The van der Waals surface area contributed by atoms with Crippen LogP contribution in [0.15, 0.2) is 42.5 Å². The van der Waals surface area contributed by atoms with E-state index >= 15 is 0 Å². The molecule has 2 aromatic carbocycles. The highest BCUT2D eigenvalue weighted by molar-refractivity contribution is 5.50. The average Bonchev–Trinajstić information content (AvgIpc) is 3.11. The van der Waals surface area contributed by atoms with Crippen LogP contribution in [0, 0.1) is 5.82 Å². The van der Waals surface area contributed by atoms with Crippen molar-refractivity contribution in [1.82, 2.24) is 5.32 Å². The summed E-state index contributed by atoms with van der Waals surface area (Å²) in [6.45, 7) is 3.42. The van der Waals surface area contributed by atoms with E-state index in [0.29, 0.717) is 0 Å². The first-order valence-electron chi connectivity index (χ1n) is 8.13. The number of hydrogen-bond acceptors (Lipinski definition) is 3. The van der Waals surface area contributed by atoms with Gasteiger partial charge in [0.15, 0.2) is 0 Å². The molecule has 1 aliphatic rings. The van der Waals surface area contributed by atoms with Gasteiger partial charge >= 0.3 is 0 Å². The van der Waals surface area contributed by atoms with Gasteiger partial charge in [0.05, 0.1) is 12.8 Å². The second-order valence-electron chi connectivity index (χ2n) is 5.93. The minimum atomic E-state index is -0.120. The lowest BCUT2D eigenvalue weighted by atomic mass is 10.1. The van der Waals surface area contributed by atoms with Gasteiger partial charge in [-0.2, -0.15) is 0 Å². The molecule has 23 heavy (non-hydrogen) atoms. The third kappa shape index (κ3) is 4.02. The molecular weight excluding hydrogens is 291 g/mol. The Labute approximate surface area is 137 Å². The molecule has 0 radical (unpaired) electrons. The highest BCUT2D eigenvalue weighted by atomic mass is 19.1. The molecule has 1 N–H and O–H groups in total. The molecule has 0 spiro atoms. The number of nitrogens with one attached hydrogen (secondary N) is 1. The SMILES string of the molecule is COc1ccc(CNCc2ccc(F)c(N3CCCC3)c2)cc1. The second kappa shape index (κ2) is 7.47. The normalized spacial score (nSPS) is 14.3. The molecule has 3 nitrogen and oxygen atoms in total. The van der Waals surface area contributed by atoms with E-state index in [1.54, 1.807) is 13.2 Å². The Hall–Kier alpha value is -2.07. The van der Waals surface area contributed by atoms with Gasteiger partial charge in [-0.15, -0.1) is 0 Å². The fourth-order valence-corrected chi connectivity index (χ4v) is 2.96. The number of anilines is 1.